The molecule has 7 heteroatoms. The van der Waals surface area contributed by atoms with Crippen LogP contribution in [0.25, 0.3) is 11.0 Å². The molecular formula is C23H24N2O4S. The SMILES string of the molecule is CCNC(=O)c1c(NC(=O)c2cc(=O)c3cc(C)c(C)cc3o2)sc2c1CCCC2. The van der Waals surface area contributed by atoms with E-state index in [-0.39, 0.29) is 17.1 Å². The van der Waals surface area contributed by atoms with Gasteiger partial charge in [-0.05, 0) is 75.3 Å². The molecule has 0 aliphatic heterocycles. The van der Waals surface area contributed by atoms with E-state index in [1.165, 1.54) is 17.4 Å². The fourth-order valence-electron chi connectivity index (χ4n) is 3.83. The Morgan fingerprint density at radius 2 is 1.80 bits per heavy atom. The summed E-state index contributed by atoms with van der Waals surface area (Å²) in [5.74, 6) is -0.779. The summed E-state index contributed by atoms with van der Waals surface area (Å²) in [6.45, 7) is 6.23. The number of aryl methyl sites for hydroxylation is 3. The molecule has 156 valence electrons. The summed E-state index contributed by atoms with van der Waals surface area (Å²) in [5.41, 5.74) is 3.65. The molecule has 0 saturated carbocycles. The maximum absolute atomic E-state index is 12.9. The van der Waals surface area contributed by atoms with Crippen molar-refractivity contribution in [2.45, 2.75) is 46.5 Å². The molecule has 1 aliphatic carbocycles. The number of hydrogen-bond acceptors (Lipinski definition) is 5. The zero-order valence-corrected chi connectivity index (χ0v) is 18.1. The van der Waals surface area contributed by atoms with Gasteiger partial charge >= 0.3 is 0 Å². The molecule has 0 radical (unpaired) electrons. The molecule has 2 amide bonds. The number of fused-ring (bicyclic) bond motifs is 2. The third kappa shape index (κ3) is 3.65. The molecule has 0 bridgehead atoms. The molecule has 30 heavy (non-hydrogen) atoms. The topological polar surface area (TPSA) is 88.4 Å². The predicted molar refractivity (Wildman–Crippen MR) is 119 cm³/mol. The Labute approximate surface area is 178 Å². The van der Waals surface area contributed by atoms with E-state index in [4.69, 9.17) is 4.42 Å². The van der Waals surface area contributed by atoms with Crippen LogP contribution in [0.4, 0.5) is 5.00 Å². The number of amides is 2. The van der Waals surface area contributed by atoms with Crippen molar-refractivity contribution < 1.29 is 14.0 Å². The smallest absolute Gasteiger partial charge is 0.292 e. The number of rotatable bonds is 4. The van der Waals surface area contributed by atoms with E-state index in [1.807, 2.05) is 20.8 Å². The molecule has 1 aliphatic rings. The summed E-state index contributed by atoms with van der Waals surface area (Å²) >= 11 is 1.44. The minimum Gasteiger partial charge on any atom is -0.451 e. The third-order valence-electron chi connectivity index (χ3n) is 5.53. The van der Waals surface area contributed by atoms with Crippen LogP contribution in [-0.2, 0) is 12.8 Å². The van der Waals surface area contributed by atoms with Crippen LogP contribution in [-0.4, -0.2) is 18.4 Å². The van der Waals surface area contributed by atoms with Crippen molar-refractivity contribution >= 4 is 39.1 Å². The molecule has 3 aromatic rings. The Morgan fingerprint density at radius 1 is 1.07 bits per heavy atom. The number of carbonyl (C=O) groups is 2. The van der Waals surface area contributed by atoms with Crippen molar-refractivity contribution in [2.75, 3.05) is 11.9 Å². The first-order chi connectivity index (χ1) is 14.4. The minimum atomic E-state index is -0.531. The molecule has 2 aromatic heterocycles. The first-order valence-electron chi connectivity index (χ1n) is 10.2. The molecule has 0 atom stereocenters. The van der Waals surface area contributed by atoms with Gasteiger partial charge in [-0.15, -0.1) is 11.3 Å². The first kappa shape index (κ1) is 20.3. The summed E-state index contributed by atoms with van der Waals surface area (Å²) in [4.78, 5) is 39.3. The van der Waals surface area contributed by atoms with Crippen molar-refractivity contribution in [1.29, 1.82) is 0 Å². The molecule has 6 nitrogen and oxygen atoms in total. The van der Waals surface area contributed by atoms with Crippen LogP contribution < -0.4 is 16.1 Å². The molecule has 0 fully saturated rings. The van der Waals surface area contributed by atoms with Gasteiger partial charge in [-0.1, -0.05) is 0 Å². The fraction of sp³-hybridized carbons (Fsp3) is 0.348. The van der Waals surface area contributed by atoms with E-state index < -0.39 is 5.91 Å². The predicted octanol–water partition coefficient (Wildman–Crippen LogP) is 4.35. The van der Waals surface area contributed by atoms with Crippen LogP contribution in [0.2, 0.25) is 0 Å². The molecule has 4 rings (SSSR count). The molecule has 0 unspecified atom stereocenters. The highest BCUT2D eigenvalue weighted by atomic mass is 32.1. The van der Waals surface area contributed by atoms with Gasteiger partial charge in [0.15, 0.2) is 11.2 Å². The van der Waals surface area contributed by atoms with Crippen molar-refractivity contribution in [2.24, 2.45) is 0 Å². The Bertz CT molecular complexity index is 1220. The molecule has 1 aromatic carbocycles. The van der Waals surface area contributed by atoms with Gasteiger partial charge in [0.2, 0.25) is 0 Å². The number of nitrogens with one attached hydrogen (secondary N) is 2. The average molecular weight is 425 g/mol. The lowest BCUT2D eigenvalue weighted by Crippen LogP contribution is -2.25. The Morgan fingerprint density at radius 3 is 2.57 bits per heavy atom. The third-order valence-corrected chi connectivity index (χ3v) is 6.74. The summed E-state index contributed by atoms with van der Waals surface area (Å²) in [6, 6.07) is 4.76. The number of carbonyl (C=O) groups excluding carboxylic acids is 2. The highest BCUT2D eigenvalue weighted by Gasteiger charge is 2.27. The van der Waals surface area contributed by atoms with Gasteiger partial charge in [-0.3, -0.25) is 14.4 Å². The number of anilines is 1. The van der Waals surface area contributed by atoms with Crippen molar-refractivity contribution in [3.05, 3.63) is 61.3 Å². The lowest BCUT2D eigenvalue weighted by Gasteiger charge is -2.12. The Hall–Kier alpha value is -2.93. The van der Waals surface area contributed by atoms with Crippen LogP contribution in [0, 0.1) is 13.8 Å². The van der Waals surface area contributed by atoms with Crippen molar-refractivity contribution in [1.82, 2.24) is 5.32 Å². The van der Waals surface area contributed by atoms with Crippen LogP contribution in [0.3, 0.4) is 0 Å². The molecule has 2 heterocycles. The van der Waals surface area contributed by atoms with Crippen molar-refractivity contribution in [3.8, 4) is 0 Å². The number of thiophene rings is 1. The highest BCUT2D eigenvalue weighted by Crippen LogP contribution is 2.38. The monoisotopic (exact) mass is 424 g/mol. The quantitative estimate of drug-likeness (QED) is 0.652. The van der Waals surface area contributed by atoms with E-state index in [9.17, 15) is 14.4 Å². The van der Waals surface area contributed by atoms with E-state index in [0.717, 1.165) is 47.3 Å². The second-order valence-electron chi connectivity index (χ2n) is 7.64. The lowest BCUT2D eigenvalue weighted by molar-refractivity contribution is 0.0956. The van der Waals surface area contributed by atoms with Crippen LogP contribution >= 0.6 is 11.3 Å². The summed E-state index contributed by atoms with van der Waals surface area (Å²) in [6.07, 6.45) is 3.85. The standard InChI is InChI=1S/C23H24N2O4S/c1-4-24-22(28)20-14-7-5-6-8-19(14)30-23(20)25-21(27)18-11-16(26)15-9-12(2)13(3)10-17(15)29-18/h9-11H,4-8H2,1-3H3,(H,24,28)(H,25,27). The molecular weight excluding hydrogens is 400 g/mol. The second kappa shape index (κ2) is 8.07. The van der Waals surface area contributed by atoms with E-state index in [1.54, 1.807) is 12.1 Å². The zero-order valence-electron chi connectivity index (χ0n) is 17.3. The van der Waals surface area contributed by atoms with Crippen molar-refractivity contribution in [3.63, 3.8) is 0 Å². The molecule has 2 N–H and O–H groups in total. The normalized spacial score (nSPS) is 13.2. The van der Waals surface area contributed by atoms with Crippen LogP contribution in [0.1, 0.15) is 62.2 Å². The Balaban J connectivity index is 1.72. The highest BCUT2D eigenvalue weighted by molar-refractivity contribution is 7.17. The van der Waals surface area contributed by atoms with E-state index in [0.29, 0.717) is 28.1 Å². The molecule has 0 spiro atoms. The maximum Gasteiger partial charge on any atom is 0.292 e. The van der Waals surface area contributed by atoms with E-state index in [2.05, 4.69) is 10.6 Å². The largest absolute Gasteiger partial charge is 0.451 e. The lowest BCUT2D eigenvalue weighted by atomic mass is 9.95. The number of benzene rings is 1. The summed E-state index contributed by atoms with van der Waals surface area (Å²) in [5, 5.41) is 6.63. The van der Waals surface area contributed by atoms with Crippen LogP contribution in [0.15, 0.2) is 27.4 Å². The maximum atomic E-state index is 12.9. The van der Waals surface area contributed by atoms with Gasteiger partial charge in [-0.25, -0.2) is 0 Å². The van der Waals surface area contributed by atoms with E-state index >= 15 is 0 Å². The van der Waals surface area contributed by atoms with Gasteiger partial charge in [0.25, 0.3) is 11.8 Å². The fourth-order valence-corrected chi connectivity index (χ4v) is 5.11. The van der Waals surface area contributed by atoms with Gasteiger partial charge in [0.05, 0.1) is 10.9 Å². The van der Waals surface area contributed by atoms with Gasteiger partial charge in [0, 0.05) is 17.5 Å². The first-order valence-corrected chi connectivity index (χ1v) is 11.0. The zero-order chi connectivity index (χ0) is 21.4. The Kier molecular flexibility index (Phi) is 5.47. The molecule has 0 saturated heterocycles. The minimum absolute atomic E-state index is 0.0658. The summed E-state index contributed by atoms with van der Waals surface area (Å²) in [7, 11) is 0. The van der Waals surface area contributed by atoms with Gasteiger partial charge < -0.3 is 15.1 Å². The number of hydrogen-bond donors (Lipinski definition) is 2. The van der Waals surface area contributed by atoms with Gasteiger partial charge in [0.1, 0.15) is 10.6 Å². The van der Waals surface area contributed by atoms with Crippen LogP contribution in [0.5, 0.6) is 0 Å². The average Bonchev–Trinajstić information content (AvgIpc) is 3.07. The summed E-state index contributed by atoms with van der Waals surface area (Å²) < 4.78 is 5.75. The second-order valence-corrected chi connectivity index (χ2v) is 8.74. The van der Waals surface area contributed by atoms with Gasteiger partial charge in [-0.2, -0.15) is 0 Å².